The molecule has 2 amide bonds. The molecule has 0 aromatic carbocycles. The first-order valence-corrected chi connectivity index (χ1v) is 8.82. The zero-order valence-electron chi connectivity index (χ0n) is 13.8. The van der Waals surface area contributed by atoms with Crippen molar-refractivity contribution in [3.8, 4) is 0 Å². The minimum atomic E-state index is -0.767. The lowest BCUT2D eigenvalue weighted by Gasteiger charge is -2.33. The van der Waals surface area contributed by atoms with Gasteiger partial charge in [0.05, 0.1) is 5.41 Å². The summed E-state index contributed by atoms with van der Waals surface area (Å²) in [5, 5.41) is 9.66. The van der Waals surface area contributed by atoms with Crippen LogP contribution in [0.1, 0.15) is 58.3 Å². The maximum atomic E-state index is 12.7. The van der Waals surface area contributed by atoms with E-state index in [0.717, 1.165) is 32.2 Å². The van der Waals surface area contributed by atoms with Crippen LogP contribution in [0.5, 0.6) is 0 Å². The Hall–Kier alpha value is -1.59. The summed E-state index contributed by atoms with van der Waals surface area (Å²) in [4.78, 5) is 39.9. The number of carbonyl (C=O) groups is 3. The van der Waals surface area contributed by atoms with E-state index in [1.165, 1.54) is 0 Å². The molecule has 3 heterocycles. The molecule has 0 aromatic rings. The third-order valence-electron chi connectivity index (χ3n) is 6.10. The molecule has 3 rings (SSSR count). The number of hydrogen-bond donors (Lipinski definition) is 1. The van der Waals surface area contributed by atoms with Crippen LogP contribution in [0, 0.1) is 5.41 Å². The number of carbonyl (C=O) groups excluding carboxylic acids is 2. The van der Waals surface area contributed by atoms with E-state index in [4.69, 9.17) is 0 Å². The number of carboxylic acid groups (broad SMARTS) is 1. The summed E-state index contributed by atoms with van der Waals surface area (Å²) >= 11 is 0. The van der Waals surface area contributed by atoms with E-state index in [-0.39, 0.29) is 23.9 Å². The Morgan fingerprint density at radius 1 is 1.30 bits per heavy atom. The number of rotatable bonds is 5. The molecule has 23 heavy (non-hydrogen) atoms. The molecule has 3 aliphatic heterocycles. The maximum Gasteiger partial charge on any atom is 0.311 e. The molecule has 3 saturated heterocycles. The van der Waals surface area contributed by atoms with Crippen LogP contribution in [0.25, 0.3) is 0 Å². The number of aliphatic carboxylic acids is 1. The van der Waals surface area contributed by atoms with Gasteiger partial charge in [-0.05, 0) is 38.5 Å². The summed E-state index contributed by atoms with van der Waals surface area (Å²) in [7, 11) is 0. The molecule has 0 radical (unpaired) electrons. The van der Waals surface area contributed by atoms with Gasteiger partial charge in [-0.15, -0.1) is 0 Å². The van der Waals surface area contributed by atoms with Gasteiger partial charge in [-0.3, -0.25) is 14.4 Å². The Balaban J connectivity index is 1.64. The molecular formula is C17H26N2O4. The highest BCUT2D eigenvalue weighted by Crippen LogP contribution is 2.52. The summed E-state index contributed by atoms with van der Waals surface area (Å²) in [6.07, 6.45) is 5.70. The van der Waals surface area contributed by atoms with Crippen LogP contribution in [0.2, 0.25) is 0 Å². The fourth-order valence-electron chi connectivity index (χ4n) is 4.78. The van der Waals surface area contributed by atoms with Gasteiger partial charge in [-0.25, -0.2) is 0 Å². The lowest BCUT2D eigenvalue weighted by Crippen LogP contribution is -2.45. The molecule has 6 heteroatoms. The number of likely N-dealkylation sites (tertiary alicyclic amines) is 1. The van der Waals surface area contributed by atoms with Crippen molar-refractivity contribution < 1.29 is 19.5 Å². The van der Waals surface area contributed by atoms with Crippen LogP contribution >= 0.6 is 0 Å². The molecule has 0 saturated carbocycles. The second-order valence-corrected chi connectivity index (χ2v) is 7.15. The molecule has 1 N–H and O–H groups in total. The number of amides is 2. The van der Waals surface area contributed by atoms with Crippen LogP contribution in [0.4, 0.5) is 0 Å². The van der Waals surface area contributed by atoms with Crippen molar-refractivity contribution in [1.29, 1.82) is 0 Å². The summed E-state index contributed by atoms with van der Waals surface area (Å²) in [5.41, 5.74) is -0.764. The Kier molecular flexibility index (Phi) is 4.34. The number of nitrogens with zero attached hydrogens (tertiary/aromatic N) is 2. The number of fused-ring (bicyclic) bond motifs is 2. The SMILES string of the molecule is CC[C@@]1(C(=O)O)C[C@@H]2CC[C@H]1N2C(=O)CCN1CCCCC1=O. The Morgan fingerprint density at radius 3 is 2.70 bits per heavy atom. The van der Waals surface area contributed by atoms with E-state index >= 15 is 0 Å². The lowest BCUT2D eigenvalue weighted by atomic mass is 9.72. The smallest absolute Gasteiger partial charge is 0.311 e. The van der Waals surface area contributed by atoms with Crippen molar-refractivity contribution in [2.75, 3.05) is 13.1 Å². The molecule has 3 fully saturated rings. The van der Waals surface area contributed by atoms with Crippen LogP contribution < -0.4 is 0 Å². The van der Waals surface area contributed by atoms with E-state index in [1.807, 2.05) is 11.8 Å². The topological polar surface area (TPSA) is 77.9 Å². The van der Waals surface area contributed by atoms with Crippen LogP contribution in [0.15, 0.2) is 0 Å². The predicted octanol–water partition coefficient (Wildman–Crippen LogP) is 1.63. The van der Waals surface area contributed by atoms with E-state index in [2.05, 4.69) is 0 Å². The van der Waals surface area contributed by atoms with Gasteiger partial charge in [0.1, 0.15) is 0 Å². The van der Waals surface area contributed by atoms with Crippen molar-refractivity contribution in [3.05, 3.63) is 0 Å². The molecule has 2 bridgehead atoms. The zero-order chi connectivity index (χ0) is 16.6. The Labute approximate surface area is 136 Å². The highest BCUT2D eigenvalue weighted by molar-refractivity contribution is 5.83. The molecule has 3 atom stereocenters. The molecule has 0 spiro atoms. The first kappa shape index (κ1) is 16.3. The van der Waals surface area contributed by atoms with Gasteiger partial charge in [-0.2, -0.15) is 0 Å². The second kappa shape index (κ2) is 6.13. The van der Waals surface area contributed by atoms with E-state index in [9.17, 15) is 19.5 Å². The molecular weight excluding hydrogens is 296 g/mol. The number of carboxylic acids is 1. The van der Waals surface area contributed by atoms with E-state index in [1.54, 1.807) is 4.90 Å². The van der Waals surface area contributed by atoms with Gasteiger partial charge in [0.25, 0.3) is 0 Å². The van der Waals surface area contributed by atoms with Crippen LogP contribution in [-0.2, 0) is 14.4 Å². The first-order valence-electron chi connectivity index (χ1n) is 8.82. The average Bonchev–Trinajstić information content (AvgIpc) is 3.10. The number of piperidine rings is 1. The third-order valence-corrected chi connectivity index (χ3v) is 6.10. The van der Waals surface area contributed by atoms with Crippen LogP contribution in [-0.4, -0.2) is 57.9 Å². The van der Waals surface area contributed by atoms with Gasteiger partial charge in [0.2, 0.25) is 11.8 Å². The monoisotopic (exact) mass is 322 g/mol. The molecule has 3 aliphatic rings. The lowest BCUT2D eigenvalue weighted by molar-refractivity contribution is -0.151. The predicted molar refractivity (Wildman–Crippen MR) is 83.7 cm³/mol. The highest BCUT2D eigenvalue weighted by atomic mass is 16.4. The van der Waals surface area contributed by atoms with Gasteiger partial charge in [0, 0.05) is 38.0 Å². The Morgan fingerprint density at radius 2 is 2.09 bits per heavy atom. The summed E-state index contributed by atoms with van der Waals surface area (Å²) in [6, 6.07) is -0.0971. The average molecular weight is 322 g/mol. The van der Waals surface area contributed by atoms with Crippen molar-refractivity contribution >= 4 is 17.8 Å². The highest BCUT2D eigenvalue weighted by Gasteiger charge is 2.60. The summed E-state index contributed by atoms with van der Waals surface area (Å²) in [6.45, 7) is 3.12. The van der Waals surface area contributed by atoms with Crippen molar-refractivity contribution in [3.63, 3.8) is 0 Å². The van der Waals surface area contributed by atoms with Gasteiger partial charge >= 0.3 is 5.97 Å². The molecule has 0 unspecified atom stereocenters. The summed E-state index contributed by atoms with van der Waals surface area (Å²) < 4.78 is 0. The van der Waals surface area contributed by atoms with Crippen molar-refractivity contribution in [1.82, 2.24) is 9.80 Å². The largest absolute Gasteiger partial charge is 0.481 e. The standard InChI is InChI=1S/C17H26N2O4/c1-2-17(16(22)23)11-12-6-7-13(17)19(12)15(21)8-10-18-9-4-3-5-14(18)20/h12-13H,2-11H2,1H3,(H,22,23)/t12-,13+,17+/m0/s1. The summed E-state index contributed by atoms with van der Waals surface area (Å²) in [5.74, 6) is -0.606. The van der Waals surface area contributed by atoms with Gasteiger partial charge in [-0.1, -0.05) is 6.92 Å². The fourth-order valence-corrected chi connectivity index (χ4v) is 4.78. The molecule has 0 aliphatic carbocycles. The number of hydrogen-bond acceptors (Lipinski definition) is 3. The molecule has 128 valence electrons. The zero-order valence-corrected chi connectivity index (χ0v) is 13.8. The molecule has 6 nitrogen and oxygen atoms in total. The second-order valence-electron chi connectivity index (χ2n) is 7.15. The quantitative estimate of drug-likeness (QED) is 0.834. The minimum Gasteiger partial charge on any atom is -0.481 e. The Bertz CT molecular complexity index is 521. The maximum absolute atomic E-state index is 12.7. The van der Waals surface area contributed by atoms with Gasteiger partial charge in [0.15, 0.2) is 0 Å². The molecule has 0 aromatic heterocycles. The normalized spacial score (nSPS) is 33.3. The van der Waals surface area contributed by atoms with Gasteiger partial charge < -0.3 is 14.9 Å². The fraction of sp³-hybridized carbons (Fsp3) is 0.824. The van der Waals surface area contributed by atoms with E-state index < -0.39 is 11.4 Å². The minimum absolute atomic E-state index is 0.0208. The van der Waals surface area contributed by atoms with Crippen molar-refractivity contribution in [2.45, 2.75) is 70.4 Å². The van der Waals surface area contributed by atoms with Crippen molar-refractivity contribution in [2.24, 2.45) is 5.41 Å². The van der Waals surface area contributed by atoms with E-state index in [0.29, 0.717) is 32.2 Å². The third kappa shape index (κ3) is 2.62. The van der Waals surface area contributed by atoms with Crippen LogP contribution in [0.3, 0.4) is 0 Å². The first-order chi connectivity index (χ1) is 11.0.